The predicted octanol–water partition coefficient (Wildman–Crippen LogP) is 2.77. The summed E-state index contributed by atoms with van der Waals surface area (Å²) < 4.78 is 0. The van der Waals surface area contributed by atoms with E-state index < -0.39 is 0 Å². The van der Waals surface area contributed by atoms with Crippen LogP contribution in [0.2, 0.25) is 0 Å². The zero-order valence-electron chi connectivity index (χ0n) is 6.22. The Morgan fingerprint density at radius 2 is 2.22 bits per heavy atom. The van der Waals surface area contributed by atoms with Gasteiger partial charge in [0.25, 0.3) is 0 Å². The van der Waals surface area contributed by atoms with Gasteiger partial charge in [0.2, 0.25) is 0 Å². The molecular formula is C8H15P. The Balaban J connectivity index is 3.60. The maximum absolute atomic E-state index is 2.68. The summed E-state index contributed by atoms with van der Waals surface area (Å²) in [5, 5.41) is 0. The predicted molar refractivity (Wildman–Crippen MR) is 47.8 cm³/mol. The lowest BCUT2D eigenvalue weighted by molar-refractivity contribution is 1.22. The van der Waals surface area contributed by atoms with Crippen LogP contribution in [0.3, 0.4) is 0 Å². The Labute approximate surface area is 60.2 Å². The van der Waals surface area contributed by atoms with Crippen LogP contribution in [-0.2, 0) is 0 Å². The number of rotatable bonds is 3. The van der Waals surface area contributed by atoms with E-state index in [1.54, 1.807) is 0 Å². The van der Waals surface area contributed by atoms with Gasteiger partial charge >= 0.3 is 0 Å². The number of allylic oxidation sites excluding steroid dienone is 4. The summed E-state index contributed by atoms with van der Waals surface area (Å²) in [6, 6.07) is 0. The van der Waals surface area contributed by atoms with Gasteiger partial charge in [-0.25, -0.2) is 0 Å². The molecule has 0 radical (unpaired) electrons. The molecule has 0 N–H and O–H groups in total. The van der Waals surface area contributed by atoms with Gasteiger partial charge in [-0.05, 0) is 19.5 Å². The molecule has 0 aliphatic heterocycles. The van der Waals surface area contributed by atoms with Crippen molar-refractivity contribution >= 4 is 9.24 Å². The molecule has 0 nitrogen and oxygen atoms in total. The van der Waals surface area contributed by atoms with Gasteiger partial charge < -0.3 is 0 Å². The second kappa shape index (κ2) is 6.04. The summed E-state index contributed by atoms with van der Waals surface area (Å²) in [4.78, 5) is 0. The Kier molecular flexibility index (Phi) is 5.98. The highest BCUT2D eigenvalue weighted by Gasteiger charge is 1.75. The molecule has 0 aromatic heterocycles. The molecule has 0 aromatic carbocycles. The fourth-order valence-corrected chi connectivity index (χ4v) is 0.929. The van der Waals surface area contributed by atoms with Gasteiger partial charge in [0, 0.05) is 0 Å². The zero-order valence-corrected chi connectivity index (χ0v) is 7.38. The highest BCUT2D eigenvalue weighted by molar-refractivity contribution is 7.16. The van der Waals surface area contributed by atoms with Crippen LogP contribution in [-0.4, -0.2) is 6.16 Å². The third-order valence-corrected chi connectivity index (χ3v) is 1.29. The van der Waals surface area contributed by atoms with Crippen LogP contribution >= 0.6 is 9.24 Å². The van der Waals surface area contributed by atoms with Crippen molar-refractivity contribution in [2.75, 3.05) is 6.16 Å². The van der Waals surface area contributed by atoms with Gasteiger partial charge in [-0.1, -0.05) is 30.7 Å². The summed E-state index contributed by atoms with van der Waals surface area (Å²) in [6.45, 7) is 4.26. The van der Waals surface area contributed by atoms with Gasteiger partial charge in [-0.15, -0.1) is 9.24 Å². The van der Waals surface area contributed by atoms with Crippen molar-refractivity contribution in [2.45, 2.75) is 20.3 Å². The van der Waals surface area contributed by atoms with E-state index in [9.17, 15) is 0 Å². The second-order valence-electron chi connectivity index (χ2n) is 1.99. The minimum absolute atomic E-state index is 1.06. The van der Waals surface area contributed by atoms with E-state index in [1.165, 1.54) is 5.57 Å². The van der Waals surface area contributed by atoms with Gasteiger partial charge in [0.05, 0.1) is 0 Å². The number of hydrogen-bond acceptors (Lipinski definition) is 0. The van der Waals surface area contributed by atoms with Crippen molar-refractivity contribution in [3.8, 4) is 0 Å². The van der Waals surface area contributed by atoms with Crippen molar-refractivity contribution in [1.82, 2.24) is 0 Å². The first-order valence-corrected chi connectivity index (χ1v) is 4.16. The molecule has 0 rings (SSSR count). The summed E-state index contributed by atoms with van der Waals surface area (Å²) in [5.74, 6) is 0. The molecule has 0 spiro atoms. The lowest BCUT2D eigenvalue weighted by Crippen LogP contribution is -1.68. The Morgan fingerprint density at radius 3 is 2.67 bits per heavy atom. The minimum Gasteiger partial charge on any atom is -0.134 e. The molecular weight excluding hydrogens is 127 g/mol. The first-order chi connectivity index (χ1) is 4.31. The molecule has 0 aliphatic rings. The lowest BCUT2D eigenvalue weighted by atomic mass is 10.2. The van der Waals surface area contributed by atoms with Crippen molar-refractivity contribution < 1.29 is 0 Å². The maximum Gasteiger partial charge on any atom is -0.0194 e. The van der Waals surface area contributed by atoms with E-state index in [4.69, 9.17) is 0 Å². The van der Waals surface area contributed by atoms with Crippen LogP contribution in [0.5, 0.6) is 0 Å². The van der Waals surface area contributed by atoms with Crippen LogP contribution < -0.4 is 0 Å². The van der Waals surface area contributed by atoms with Crippen molar-refractivity contribution in [2.24, 2.45) is 0 Å². The normalized spacial score (nSPS) is 13.0. The average molecular weight is 142 g/mol. The van der Waals surface area contributed by atoms with Crippen LogP contribution in [0, 0.1) is 0 Å². The highest BCUT2D eigenvalue weighted by Crippen LogP contribution is 1.97. The lowest BCUT2D eigenvalue weighted by Gasteiger charge is -1.87. The fourth-order valence-electron chi connectivity index (χ4n) is 0.558. The van der Waals surface area contributed by atoms with Crippen LogP contribution in [0.1, 0.15) is 20.3 Å². The van der Waals surface area contributed by atoms with Crippen molar-refractivity contribution in [3.05, 3.63) is 23.8 Å². The van der Waals surface area contributed by atoms with E-state index in [0.717, 1.165) is 12.6 Å². The number of hydrogen-bond donors (Lipinski definition) is 0. The SMILES string of the molecule is CC/C=C\C(C)=C/CP. The molecule has 1 heteroatoms. The molecule has 0 amide bonds. The minimum atomic E-state index is 1.06. The topological polar surface area (TPSA) is 0 Å². The zero-order chi connectivity index (χ0) is 7.11. The van der Waals surface area contributed by atoms with E-state index in [1.807, 2.05) is 0 Å². The van der Waals surface area contributed by atoms with Crippen LogP contribution in [0.25, 0.3) is 0 Å². The van der Waals surface area contributed by atoms with Gasteiger partial charge in [0.15, 0.2) is 0 Å². The highest BCUT2D eigenvalue weighted by atomic mass is 31.0. The summed E-state index contributed by atoms with van der Waals surface area (Å²) in [7, 11) is 2.68. The van der Waals surface area contributed by atoms with Gasteiger partial charge in [-0.3, -0.25) is 0 Å². The van der Waals surface area contributed by atoms with E-state index in [-0.39, 0.29) is 0 Å². The fraction of sp³-hybridized carbons (Fsp3) is 0.500. The van der Waals surface area contributed by atoms with E-state index >= 15 is 0 Å². The largest absolute Gasteiger partial charge is 0.134 e. The molecule has 0 bridgehead atoms. The molecule has 0 fully saturated rings. The second-order valence-corrected chi connectivity index (χ2v) is 2.47. The molecule has 52 valence electrons. The molecule has 1 unspecified atom stereocenters. The molecule has 0 heterocycles. The average Bonchev–Trinajstić information content (AvgIpc) is 1.85. The summed E-state index contributed by atoms with van der Waals surface area (Å²) in [5.41, 5.74) is 1.35. The Morgan fingerprint density at radius 1 is 1.56 bits per heavy atom. The first-order valence-electron chi connectivity index (χ1n) is 3.34. The van der Waals surface area contributed by atoms with Gasteiger partial charge in [-0.2, -0.15) is 0 Å². The van der Waals surface area contributed by atoms with Gasteiger partial charge in [0.1, 0.15) is 0 Å². The standard InChI is InChI=1S/C8H15P/c1-3-4-5-8(2)6-7-9/h4-6H,3,7,9H2,1-2H3/b5-4-,8-6-. The van der Waals surface area contributed by atoms with E-state index in [0.29, 0.717) is 0 Å². The molecule has 0 saturated heterocycles. The third-order valence-electron chi connectivity index (χ3n) is 1.06. The molecule has 9 heavy (non-hydrogen) atoms. The van der Waals surface area contributed by atoms with E-state index in [2.05, 4.69) is 41.3 Å². The van der Waals surface area contributed by atoms with Crippen LogP contribution in [0.15, 0.2) is 23.8 Å². The Bertz CT molecular complexity index is 112. The molecule has 0 saturated carbocycles. The quantitative estimate of drug-likeness (QED) is 0.420. The van der Waals surface area contributed by atoms with Crippen LogP contribution in [0.4, 0.5) is 0 Å². The van der Waals surface area contributed by atoms with Crippen molar-refractivity contribution in [1.29, 1.82) is 0 Å². The molecule has 0 aromatic rings. The monoisotopic (exact) mass is 142 g/mol. The Hall–Kier alpha value is -0.0900. The summed E-state index contributed by atoms with van der Waals surface area (Å²) in [6.07, 6.45) is 8.70. The first kappa shape index (κ1) is 8.91. The molecule has 1 atom stereocenters. The smallest absolute Gasteiger partial charge is 0.0194 e. The summed E-state index contributed by atoms with van der Waals surface area (Å²) >= 11 is 0. The molecule has 0 aliphatic carbocycles. The van der Waals surface area contributed by atoms with Crippen molar-refractivity contribution in [3.63, 3.8) is 0 Å². The third kappa shape index (κ3) is 5.79. The maximum atomic E-state index is 2.68.